The van der Waals surface area contributed by atoms with Crippen molar-refractivity contribution in [2.45, 2.75) is 32.8 Å². The Balaban J connectivity index is 2.48. The monoisotopic (exact) mass is 222 g/mol. The summed E-state index contributed by atoms with van der Waals surface area (Å²) in [6, 6.07) is 7.38. The molecule has 0 saturated carbocycles. The predicted octanol–water partition coefficient (Wildman–Crippen LogP) is 1.97. The first kappa shape index (κ1) is 12.7. The molecule has 1 unspecified atom stereocenters. The quantitative estimate of drug-likeness (QED) is 0.800. The van der Waals surface area contributed by atoms with E-state index in [1.165, 1.54) is 0 Å². The van der Waals surface area contributed by atoms with E-state index in [1.807, 2.05) is 31.2 Å². The first-order chi connectivity index (χ1) is 7.61. The van der Waals surface area contributed by atoms with E-state index < -0.39 is 6.10 Å². The van der Waals surface area contributed by atoms with E-state index in [1.54, 1.807) is 6.92 Å². The third-order valence-corrected chi connectivity index (χ3v) is 2.29. The zero-order chi connectivity index (χ0) is 12.0. The molecule has 1 aromatic carbocycles. The highest BCUT2D eigenvalue weighted by Gasteiger charge is 2.02. The summed E-state index contributed by atoms with van der Waals surface area (Å²) in [5.41, 5.74) is 0.982. The molecule has 0 aliphatic carbocycles. The van der Waals surface area contributed by atoms with Gasteiger partial charge in [0.1, 0.15) is 18.1 Å². The molecular weight excluding hydrogens is 204 g/mol. The molecular formula is C13H18O3. The van der Waals surface area contributed by atoms with Crippen LogP contribution in [-0.2, 0) is 11.2 Å². The number of carbonyl (C=O) groups excluding carboxylic acids is 1. The van der Waals surface area contributed by atoms with Crippen LogP contribution in [0, 0.1) is 0 Å². The van der Waals surface area contributed by atoms with Gasteiger partial charge in [-0.3, -0.25) is 4.79 Å². The van der Waals surface area contributed by atoms with Crippen molar-refractivity contribution < 1.29 is 14.6 Å². The second kappa shape index (κ2) is 6.28. The lowest BCUT2D eigenvalue weighted by molar-refractivity contribution is -0.116. The summed E-state index contributed by atoms with van der Waals surface area (Å²) in [6.45, 7) is 3.79. The van der Waals surface area contributed by atoms with Gasteiger partial charge in [-0.2, -0.15) is 0 Å². The van der Waals surface area contributed by atoms with Gasteiger partial charge in [0.25, 0.3) is 0 Å². The standard InChI is InChI=1S/C13H18O3/c1-3-12(15)9-16-13-6-4-11(5-7-13)8-10(2)14/h4-7,12,15H,3,8-9H2,1-2H3. The van der Waals surface area contributed by atoms with Crippen LogP contribution in [0.1, 0.15) is 25.8 Å². The van der Waals surface area contributed by atoms with Crippen LogP contribution in [0.3, 0.4) is 0 Å². The lowest BCUT2D eigenvalue weighted by atomic mass is 10.1. The minimum atomic E-state index is -0.420. The van der Waals surface area contributed by atoms with E-state index in [4.69, 9.17) is 4.74 Å². The molecule has 1 atom stereocenters. The van der Waals surface area contributed by atoms with Crippen molar-refractivity contribution >= 4 is 5.78 Å². The Labute approximate surface area is 96.1 Å². The summed E-state index contributed by atoms with van der Waals surface area (Å²) in [7, 11) is 0. The predicted molar refractivity (Wildman–Crippen MR) is 62.6 cm³/mol. The van der Waals surface area contributed by atoms with Crippen molar-refractivity contribution in [2.24, 2.45) is 0 Å². The lowest BCUT2D eigenvalue weighted by Crippen LogP contribution is -2.15. The van der Waals surface area contributed by atoms with Gasteiger partial charge in [0, 0.05) is 6.42 Å². The zero-order valence-electron chi connectivity index (χ0n) is 9.77. The Kier molecular flexibility index (Phi) is 4.99. The van der Waals surface area contributed by atoms with Crippen LogP contribution in [-0.4, -0.2) is 23.6 Å². The molecule has 0 spiro atoms. The Hall–Kier alpha value is -1.35. The summed E-state index contributed by atoms with van der Waals surface area (Å²) in [6.07, 6.45) is 0.720. The molecule has 0 amide bonds. The number of Topliss-reactive ketones (excluding diaryl/α,β-unsaturated/α-hetero) is 1. The molecule has 3 nitrogen and oxygen atoms in total. The van der Waals surface area contributed by atoms with E-state index >= 15 is 0 Å². The second-order valence-electron chi connectivity index (χ2n) is 3.90. The summed E-state index contributed by atoms with van der Waals surface area (Å²) in [5.74, 6) is 0.870. The molecule has 16 heavy (non-hydrogen) atoms. The zero-order valence-corrected chi connectivity index (χ0v) is 9.77. The minimum Gasteiger partial charge on any atom is -0.491 e. The molecule has 0 bridgehead atoms. The normalized spacial score (nSPS) is 12.2. The first-order valence-electron chi connectivity index (χ1n) is 5.51. The molecule has 3 heteroatoms. The highest BCUT2D eigenvalue weighted by atomic mass is 16.5. The number of carbonyl (C=O) groups is 1. The average Bonchev–Trinajstić information content (AvgIpc) is 2.27. The highest BCUT2D eigenvalue weighted by Crippen LogP contribution is 2.13. The van der Waals surface area contributed by atoms with E-state index in [9.17, 15) is 9.90 Å². The molecule has 0 radical (unpaired) electrons. The van der Waals surface area contributed by atoms with Crippen molar-refractivity contribution in [2.75, 3.05) is 6.61 Å². The van der Waals surface area contributed by atoms with Crippen LogP contribution in [0.4, 0.5) is 0 Å². The Bertz CT molecular complexity index is 330. The molecule has 88 valence electrons. The third-order valence-electron chi connectivity index (χ3n) is 2.29. The van der Waals surface area contributed by atoms with E-state index in [0.717, 1.165) is 11.3 Å². The van der Waals surface area contributed by atoms with Crippen LogP contribution < -0.4 is 4.74 Å². The van der Waals surface area contributed by atoms with Gasteiger partial charge in [0.2, 0.25) is 0 Å². The van der Waals surface area contributed by atoms with Crippen LogP contribution >= 0.6 is 0 Å². The van der Waals surface area contributed by atoms with Gasteiger partial charge in [-0.25, -0.2) is 0 Å². The van der Waals surface area contributed by atoms with Crippen molar-refractivity contribution in [3.8, 4) is 5.75 Å². The summed E-state index contributed by atoms with van der Waals surface area (Å²) >= 11 is 0. The van der Waals surface area contributed by atoms with Crippen molar-refractivity contribution in [3.05, 3.63) is 29.8 Å². The fourth-order valence-electron chi connectivity index (χ4n) is 1.30. The van der Waals surface area contributed by atoms with Gasteiger partial charge in [-0.1, -0.05) is 19.1 Å². The van der Waals surface area contributed by atoms with Gasteiger partial charge in [-0.15, -0.1) is 0 Å². The van der Waals surface area contributed by atoms with Crippen LogP contribution in [0.25, 0.3) is 0 Å². The van der Waals surface area contributed by atoms with E-state index in [0.29, 0.717) is 19.4 Å². The van der Waals surface area contributed by atoms with Crippen molar-refractivity contribution in [3.63, 3.8) is 0 Å². The maximum atomic E-state index is 10.9. The van der Waals surface area contributed by atoms with Crippen LogP contribution in [0.5, 0.6) is 5.75 Å². The molecule has 1 rings (SSSR count). The molecule has 0 heterocycles. The van der Waals surface area contributed by atoms with Gasteiger partial charge in [0.15, 0.2) is 0 Å². The second-order valence-corrected chi connectivity index (χ2v) is 3.90. The molecule has 0 fully saturated rings. The molecule has 1 N–H and O–H groups in total. The average molecular weight is 222 g/mol. The number of hydrogen-bond donors (Lipinski definition) is 1. The Morgan fingerprint density at radius 1 is 1.38 bits per heavy atom. The molecule has 0 saturated heterocycles. The summed E-state index contributed by atoms with van der Waals surface area (Å²) < 4.78 is 5.38. The van der Waals surface area contributed by atoms with Gasteiger partial charge in [0.05, 0.1) is 6.10 Å². The number of rotatable bonds is 6. The third kappa shape index (κ3) is 4.45. The number of ketones is 1. The maximum Gasteiger partial charge on any atom is 0.134 e. The van der Waals surface area contributed by atoms with E-state index in [-0.39, 0.29) is 5.78 Å². The number of aliphatic hydroxyl groups is 1. The van der Waals surface area contributed by atoms with Crippen molar-refractivity contribution in [1.29, 1.82) is 0 Å². The van der Waals surface area contributed by atoms with Gasteiger partial charge < -0.3 is 9.84 Å². The number of benzene rings is 1. The Morgan fingerprint density at radius 2 is 2.00 bits per heavy atom. The van der Waals surface area contributed by atoms with E-state index in [2.05, 4.69) is 0 Å². The fourth-order valence-corrected chi connectivity index (χ4v) is 1.30. The highest BCUT2D eigenvalue weighted by molar-refractivity contribution is 5.78. The molecule has 0 aliphatic heterocycles. The largest absolute Gasteiger partial charge is 0.491 e. The van der Waals surface area contributed by atoms with Crippen LogP contribution in [0.15, 0.2) is 24.3 Å². The van der Waals surface area contributed by atoms with Crippen molar-refractivity contribution in [1.82, 2.24) is 0 Å². The Morgan fingerprint density at radius 3 is 2.50 bits per heavy atom. The molecule has 0 aliphatic rings. The smallest absolute Gasteiger partial charge is 0.134 e. The number of hydrogen-bond acceptors (Lipinski definition) is 3. The van der Waals surface area contributed by atoms with Crippen LogP contribution in [0.2, 0.25) is 0 Å². The molecule has 0 aromatic heterocycles. The number of ether oxygens (including phenoxy) is 1. The first-order valence-corrected chi connectivity index (χ1v) is 5.51. The number of aliphatic hydroxyl groups excluding tert-OH is 1. The SMILES string of the molecule is CCC(O)COc1ccc(CC(C)=O)cc1. The fraction of sp³-hybridized carbons (Fsp3) is 0.462. The van der Waals surface area contributed by atoms with Gasteiger partial charge in [-0.05, 0) is 31.0 Å². The summed E-state index contributed by atoms with van der Waals surface area (Å²) in [4.78, 5) is 10.9. The topological polar surface area (TPSA) is 46.5 Å². The minimum absolute atomic E-state index is 0.148. The summed E-state index contributed by atoms with van der Waals surface area (Å²) in [5, 5.41) is 9.32. The lowest BCUT2D eigenvalue weighted by Gasteiger charge is -2.10. The maximum absolute atomic E-state index is 10.9. The molecule has 1 aromatic rings. The van der Waals surface area contributed by atoms with Gasteiger partial charge >= 0.3 is 0 Å².